The van der Waals surface area contributed by atoms with Gasteiger partial charge in [0, 0.05) is 12.0 Å². The monoisotopic (exact) mass is 665 g/mol. The van der Waals surface area contributed by atoms with Crippen LogP contribution in [-0.4, -0.2) is 51.6 Å². The average Bonchev–Trinajstić information content (AvgIpc) is 3.47. The van der Waals surface area contributed by atoms with Crippen molar-refractivity contribution in [2.45, 2.75) is 149 Å². The number of rotatable bonds is 25. The van der Waals surface area contributed by atoms with E-state index in [0.29, 0.717) is 12.0 Å². The summed E-state index contributed by atoms with van der Waals surface area (Å²) in [7, 11) is -9.81. The molecule has 0 fully saturated rings. The minimum absolute atomic E-state index is 0.119. The lowest BCUT2D eigenvalue weighted by molar-refractivity contribution is -0.175. The molecule has 0 radical (unpaired) electrons. The molecule has 9 nitrogen and oxygen atoms in total. The summed E-state index contributed by atoms with van der Waals surface area (Å²) in [5.41, 5.74) is 0.617. The number of carbonyl (C=O) groups is 1. The highest BCUT2D eigenvalue weighted by atomic mass is 32.2. The third-order valence-electron chi connectivity index (χ3n) is 8.54. The van der Waals surface area contributed by atoms with Gasteiger partial charge in [-0.15, -0.1) is 0 Å². The number of hydrogen-bond acceptors (Lipinski definition) is 8. The molecule has 0 bridgehead atoms. The van der Waals surface area contributed by atoms with Crippen LogP contribution in [0.4, 0.5) is 0 Å². The van der Waals surface area contributed by atoms with E-state index in [1.54, 1.807) is 27.0 Å². The minimum Gasteiger partial charge on any atom is -0.474 e. The molecule has 0 amide bonds. The molecule has 12 heteroatoms. The molecule has 0 N–H and O–H groups in total. The van der Waals surface area contributed by atoms with E-state index >= 15 is 0 Å². The summed E-state index contributed by atoms with van der Waals surface area (Å²) in [6.07, 6.45) is 11.2. The number of hydrogen-bond donors (Lipinski definition) is 0. The highest BCUT2D eigenvalue weighted by Gasteiger charge is 2.42. The fourth-order valence-electron chi connectivity index (χ4n) is 5.44. The van der Waals surface area contributed by atoms with E-state index < -0.39 is 43.0 Å². The van der Waals surface area contributed by atoms with Crippen molar-refractivity contribution in [1.82, 2.24) is 4.47 Å². The third-order valence-corrected chi connectivity index (χ3v) is 18.5. The maximum Gasteiger partial charge on any atom is 0.332 e. The molecular formula is C31H60NO8PSSi. The second-order valence-corrected chi connectivity index (χ2v) is 21.0. The average molecular weight is 666 g/mol. The molecule has 1 aromatic rings. The van der Waals surface area contributed by atoms with E-state index in [1.165, 1.54) is 39.0 Å². The molecule has 0 saturated heterocycles. The fourth-order valence-corrected chi connectivity index (χ4v) is 12.9. The number of sulfonamides is 1. The number of nitrogens with zero attached hydrogens (tertiary/aromatic N) is 1. The summed E-state index contributed by atoms with van der Waals surface area (Å²) in [6.45, 7) is 15.4. The molecule has 0 spiro atoms. The smallest absolute Gasteiger partial charge is 0.332 e. The predicted octanol–water partition coefficient (Wildman–Crippen LogP) is 8.72. The lowest BCUT2D eigenvalue weighted by atomic mass is 10.1. The zero-order valence-corrected chi connectivity index (χ0v) is 30.9. The summed E-state index contributed by atoms with van der Waals surface area (Å²) >= 11 is 0. The molecule has 43 heavy (non-hydrogen) atoms. The van der Waals surface area contributed by atoms with E-state index in [1.807, 2.05) is 6.07 Å². The van der Waals surface area contributed by atoms with Crippen molar-refractivity contribution >= 4 is 37.0 Å². The summed E-state index contributed by atoms with van der Waals surface area (Å²) in [5, 5.41) is -0.272. The highest BCUT2D eigenvalue weighted by molar-refractivity contribution is 7.90. The zero-order valence-electron chi connectivity index (χ0n) is 28.2. The topological polar surface area (TPSA) is 112 Å². The van der Waals surface area contributed by atoms with Crippen LogP contribution < -0.4 is 5.38 Å². The molecule has 1 rings (SSSR count). The van der Waals surface area contributed by atoms with Gasteiger partial charge in [-0.2, -0.15) is 0 Å². The van der Waals surface area contributed by atoms with Gasteiger partial charge in [-0.3, -0.25) is 9.36 Å². The Kier molecular flexibility index (Phi) is 18.8. The van der Waals surface area contributed by atoms with Gasteiger partial charge in [0.15, 0.2) is 0 Å². The van der Waals surface area contributed by atoms with Gasteiger partial charge in [0.05, 0.1) is 42.3 Å². The SMILES string of the molecule is CCCCCCCCCCCC(=O)ON(C(C)c1coc([Si](CC)(CC)CC)c1)S(=O)(=O)C(C)CP(=O)(OCC)OCC. The Labute approximate surface area is 263 Å². The van der Waals surface area contributed by atoms with Crippen LogP contribution >= 0.6 is 7.60 Å². The Bertz CT molecular complexity index is 1060. The van der Waals surface area contributed by atoms with E-state index in [0.717, 1.165) is 47.2 Å². The first-order chi connectivity index (χ1) is 20.4. The Balaban J connectivity index is 3.15. The molecule has 0 aliphatic carbocycles. The van der Waals surface area contributed by atoms with Crippen molar-refractivity contribution in [1.29, 1.82) is 0 Å². The first-order valence-electron chi connectivity index (χ1n) is 16.6. The molecule has 2 unspecified atom stereocenters. The van der Waals surface area contributed by atoms with E-state index in [9.17, 15) is 17.8 Å². The van der Waals surface area contributed by atoms with Gasteiger partial charge in [-0.1, -0.05) is 97.2 Å². The van der Waals surface area contributed by atoms with Crippen molar-refractivity contribution in [3.63, 3.8) is 0 Å². The number of carbonyl (C=O) groups excluding carboxylic acids is 1. The zero-order chi connectivity index (χ0) is 32.5. The van der Waals surface area contributed by atoms with Crippen LogP contribution in [-0.2, 0) is 33.3 Å². The molecule has 0 aromatic carbocycles. The second kappa shape index (κ2) is 20.2. The number of hydroxylamine groups is 1. The molecular weight excluding hydrogens is 605 g/mol. The Morgan fingerprint density at radius 1 is 0.884 bits per heavy atom. The van der Waals surface area contributed by atoms with Crippen LogP contribution in [0, 0.1) is 0 Å². The van der Waals surface area contributed by atoms with E-state index in [4.69, 9.17) is 18.3 Å². The largest absolute Gasteiger partial charge is 0.474 e. The Morgan fingerprint density at radius 2 is 1.40 bits per heavy atom. The third kappa shape index (κ3) is 12.4. The predicted molar refractivity (Wildman–Crippen MR) is 178 cm³/mol. The van der Waals surface area contributed by atoms with Gasteiger partial charge in [0.2, 0.25) is 10.0 Å². The summed E-state index contributed by atoms with van der Waals surface area (Å²) in [6, 6.07) is 4.13. The lowest BCUT2D eigenvalue weighted by Crippen LogP contribution is -2.45. The van der Waals surface area contributed by atoms with Crippen LogP contribution in [0.3, 0.4) is 0 Å². The van der Waals surface area contributed by atoms with Crippen LogP contribution in [0.1, 0.15) is 131 Å². The highest BCUT2D eigenvalue weighted by Crippen LogP contribution is 2.49. The molecule has 2 atom stereocenters. The first-order valence-corrected chi connectivity index (χ1v) is 22.5. The molecule has 1 heterocycles. The summed E-state index contributed by atoms with van der Waals surface area (Å²) in [4.78, 5) is 18.6. The van der Waals surface area contributed by atoms with E-state index in [2.05, 4.69) is 27.7 Å². The van der Waals surface area contributed by atoms with Crippen LogP contribution in [0.15, 0.2) is 16.7 Å². The standard InChI is InChI=1S/C31H60NO8PSSi/c1-9-15-16-17-18-19-20-21-22-23-30(33)40-32(42(35,36)27(7)26-41(34,38-10-2)39-11-3)28(8)29-24-31(37-25-29)43(12-4,13-5)14-6/h24-25,27-28H,9-23,26H2,1-8H3. The summed E-state index contributed by atoms with van der Waals surface area (Å²) < 4.78 is 58.7. The van der Waals surface area contributed by atoms with Crippen molar-refractivity contribution in [2.75, 3.05) is 19.4 Å². The van der Waals surface area contributed by atoms with Gasteiger partial charge >= 0.3 is 13.6 Å². The normalized spacial score (nSPS) is 14.3. The first kappa shape index (κ1) is 40.1. The van der Waals surface area contributed by atoms with Gasteiger partial charge in [-0.05, 0) is 44.7 Å². The Hall–Kier alpha value is -0.973. The van der Waals surface area contributed by atoms with Crippen molar-refractivity contribution in [3.05, 3.63) is 17.9 Å². The molecule has 0 aliphatic rings. The Morgan fingerprint density at radius 3 is 1.88 bits per heavy atom. The molecule has 252 valence electrons. The van der Waals surface area contributed by atoms with Crippen molar-refractivity contribution in [2.24, 2.45) is 0 Å². The van der Waals surface area contributed by atoms with Gasteiger partial charge in [0.25, 0.3) is 0 Å². The van der Waals surface area contributed by atoms with E-state index in [-0.39, 0.29) is 25.8 Å². The number of unbranched alkanes of at least 4 members (excludes halogenated alkanes) is 8. The van der Waals surface area contributed by atoms with Crippen LogP contribution in [0.25, 0.3) is 0 Å². The van der Waals surface area contributed by atoms with Crippen LogP contribution in [0.2, 0.25) is 18.1 Å². The lowest BCUT2D eigenvalue weighted by Gasteiger charge is -2.30. The van der Waals surface area contributed by atoms with Gasteiger partial charge < -0.3 is 18.3 Å². The van der Waals surface area contributed by atoms with Crippen molar-refractivity contribution < 1.29 is 36.1 Å². The number of furan rings is 1. The molecule has 0 saturated carbocycles. The summed E-state index contributed by atoms with van der Waals surface area (Å²) in [5.74, 6) is -0.605. The van der Waals surface area contributed by atoms with Crippen molar-refractivity contribution in [3.8, 4) is 0 Å². The quantitative estimate of drug-likeness (QED) is 0.0441. The molecule has 1 aromatic heterocycles. The van der Waals surface area contributed by atoms with Gasteiger partial charge in [-0.25, -0.2) is 8.42 Å². The maximum atomic E-state index is 14.0. The second-order valence-electron chi connectivity index (χ2n) is 11.5. The maximum absolute atomic E-state index is 14.0. The van der Waals surface area contributed by atoms with Gasteiger partial charge in [0.1, 0.15) is 8.07 Å². The molecule has 0 aliphatic heterocycles. The minimum atomic E-state index is -4.28. The fraction of sp³-hybridized carbons (Fsp3) is 0.839. The van der Waals surface area contributed by atoms with Crippen LogP contribution in [0.5, 0.6) is 0 Å².